The first kappa shape index (κ1) is 24.1. The van der Waals surface area contributed by atoms with Gasteiger partial charge in [-0.15, -0.1) is 0 Å². The summed E-state index contributed by atoms with van der Waals surface area (Å²) in [5.74, 6) is -1.24. The van der Waals surface area contributed by atoms with Crippen LogP contribution < -0.4 is 4.74 Å². The number of ether oxygens (including phenoxy) is 1. The summed E-state index contributed by atoms with van der Waals surface area (Å²) in [4.78, 5) is 31.8. The number of halogens is 1. The van der Waals surface area contributed by atoms with E-state index in [1.807, 2.05) is 13.8 Å². The highest BCUT2D eigenvalue weighted by molar-refractivity contribution is 6.46. The second-order valence-electron chi connectivity index (χ2n) is 9.02. The Morgan fingerprint density at radius 1 is 1.14 bits per heavy atom. The summed E-state index contributed by atoms with van der Waals surface area (Å²) < 4.78 is 19.4. The molecule has 2 aromatic carbocycles. The predicted molar refractivity (Wildman–Crippen MR) is 130 cm³/mol. The number of carbonyl (C=O) groups excluding carboxylic acids is 2. The first-order valence-corrected chi connectivity index (χ1v) is 11.4. The van der Waals surface area contributed by atoms with Crippen molar-refractivity contribution in [1.82, 2.24) is 9.88 Å². The maximum Gasteiger partial charge on any atom is 0.295 e. The average Bonchev–Trinajstić information content (AvgIpc) is 3.08. The summed E-state index contributed by atoms with van der Waals surface area (Å²) >= 11 is 0. The summed E-state index contributed by atoms with van der Waals surface area (Å²) in [7, 11) is 0. The van der Waals surface area contributed by atoms with E-state index in [0.29, 0.717) is 35.0 Å². The lowest BCUT2D eigenvalue weighted by atomic mass is 9.93. The molecule has 180 valence electrons. The lowest BCUT2D eigenvalue weighted by Gasteiger charge is -2.25. The minimum Gasteiger partial charge on any atom is -0.507 e. The molecule has 1 aromatic heterocycles. The molecule has 7 heteroatoms. The number of likely N-dealkylation sites (tertiary alicyclic amines) is 1. The zero-order valence-corrected chi connectivity index (χ0v) is 19.9. The number of aromatic nitrogens is 1. The van der Waals surface area contributed by atoms with E-state index >= 15 is 0 Å². The SMILES string of the molecule is Cc1cc(OCC(C)C)ccc1C(O)=C1C(=O)C(=O)N(Cc2cccnc2)C1c1ccc(F)cc1. The van der Waals surface area contributed by atoms with Crippen LogP contribution in [0, 0.1) is 18.7 Å². The van der Waals surface area contributed by atoms with Crippen molar-refractivity contribution in [2.24, 2.45) is 5.92 Å². The van der Waals surface area contributed by atoms with Crippen LogP contribution >= 0.6 is 0 Å². The van der Waals surface area contributed by atoms with Gasteiger partial charge >= 0.3 is 0 Å². The minimum absolute atomic E-state index is 0.0375. The van der Waals surface area contributed by atoms with Crippen LogP contribution in [0.5, 0.6) is 5.75 Å². The van der Waals surface area contributed by atoms with Gasteiger partial charge in [-0.25, -0.2) is 4.39 Å². The molecule has 1 aliphatic heterocycles. The summed E-state index contributed by atoms with van der Waals surface area (Å²) in [5.41, 5.74) is 2.33. The van der Waals surface area contributed by atoms with Gasteiger partial charge in [0.1, 0.15) is 17.3 Å². The number of aryl methyl sites for hydroxylation is 1. The van der Waals surface area contributed by atoms with Gasteiger partial charge in [0.15, 0.2) is 0 Å². The van der Waals surface area contributed by atoms with Crippen molar-refractivity contribution in [2.45, 2.75) is 33.4 Å². The molecule has 1 aliphatic rings. The third-order valence-corrected chi connectivity index (χ3v) is 5.84. The van der Waals surface area contributed by atoms with E-state index in [9.17, 15) is 19.1 Å². The Bertz CT molecular complexity index is 1270. The highest BCUT2D eigenvalue weighted by atomic mass is 19.1. The molecule has 1 atom stereocenters. The molecule has 0 radical (unpaired) electrons. The van der Waals surface area contributed by atoms with Gasteiger partial charge < -0.3 is 14.7 Å². The molecule has 0 aliphatic carbocycles. The standard InChI is InChI=1S/C28H27FN2O4/c1-17(2)16-35-22-10-11-23(18(3)13-22)26(32)24-25(20-6-8-21(29)9-7-20)31(28(34)27(24)33)15-19-5-4-12-30-14-19/h4-14,17,25,32H,15-16H2,1-3H3. The molecule has 2 heterocycles. The minimum atomic E-state index is -0.882. The molecule has 0 bridgehead atoms. The molecule has 0 spiro atoms. The summed E-state index contributed by atoms with van der Waals surface area (Å²) in [5, 5.41) is 11.3. The second kappa shape index (κ2) is 10.1. The third kappa shape index (κ3) is 5.09. The zero-order chi connectivity index (χ0) is 25.1. The number of ketones is 1. The van der Waals surface area contributed by atoms with E-state index < -0.39 is 23.5 Å². The van der Waals surface area contributed by atoms with Crippen molar-refractivity contribution in [3.8, 4) is 5.75 Å². The summed E-state index contributed by atoms with van der Waals surface area (Å²) in [6.45, 7) is 6.56. The zero-order valence-electron chi connectivity index (χ0n) is 19.9. The molecule has 0 saturated carbocycles. The van der Waals surface area contributed by atoms with Crippen LogP contribution in [0.1, 0.15) is 42.1 Å². The number of pyridine rings is 1. The maximum atomic E-state index is 13.7. The molecule has 35 heavy (non-hydrogen) atoms. The number of aliphatic hydroxyl groups excluding tert-OH is 1. The number of hydrogen-bond donors (Lipinski definition) is 1. The molecule has 1 unspecified atom stereocenters. The van der Waals surface area contributed by atoms with Gasteiger partial charge in [-0.2, -0.15) is 0 Å². The van der Waals surface area contributed by atoms with Crippen molar-refractivity contribution < 1.29 is 23.8 Å². The molecule has 4 rings (SSSR count). The van der Waals surface area contributed by atoms with Crippen LogP contribution in [0.25, 0.3) is 5.76 Å². The van der Waals surface area contributed by atoms with E-state index in [-0.39, 0.29) is 17.9 Å². The van der Waals surface area contributed by atoms with Gasteiger partial charge in [-0.3, -0.25) is 14.6 Å². The van der Waals surface area contributed by atoms with Crippen LogP contribution in [0.2, 0.25) is 0 Å². The predicted octanol–water partition coefficient (Wildman–Crippen LogP) is 5.19. The summed E-state index contributed by atoms with van der Waals surface area (Å²) in [6, 6.07) is 13.4. The van der Waals surface area contributed by atoms with E-state index in [2.05, 4.69) is 4.98 Å². The number of hydrogen-bond acceptors (Lipinski definition) is 5. The van der Waals surface area contributed by atoms with Crippen molar-refractivity contribution in [2.75, 3.05) is 6.61 Å². The molecule has 1 amide bonds. The quantitative estimate of drug-likeness (QED) is 0.290. The van der Waals surface area contributed by atoms with Gasteiger partial charge in [-0.05, 0) is 65.9 Å². The number of rotatable bonds is 7. The highest BCUT2D eigenvalue weighted by Crippen LogP contribution is 2.41. The van der Waals surface area contributed by atoms with Crippen LogP contribution in [0.15, 0.2) is 72.6 Å². The molecule has 3 aromatic rings. The number of amides is 1. The van der Waals surface area contributed by atoms with Gasteiger partial charge in [0.2, 0.25) is 0 Å². The van der Waals surface area contributed by atoms with Crippen LogP contribution in [0.4, 0.5) is 4.39 Å². The molecule has 1 N–H and O–H groups in total. The van der Waals surface area contributed by atoms with Gasteiger partial charge in [0, 0.05) is 24.5 Å². The fourth-order valence-corrected chi connectivity index (χ4v) is 4.12. The van der Waals surface area contributed by atoms with Crippen molar-refractivity contribution >= 4 is 17.4 Å². The molecular formula is C28H27FN2O4. The fourth-order valence-electron chi connectivity index (χ4n) is 4.12. The Balaban J connectivity index is 1.79. The number of Topliss-reactive ketones (excluding diaryl/α,β-unsaturated/α-hetero) is 1. The monoisotopic (exact) mass is 474 g/mol. The van der Waals surface area contributed by atoms with Crippen LogP contribution in [0.3, 0.4) is 0 Å². The van der Waals surface area contributed by atoms with Crippen molar-refractivity contribution in [1.29, 1.82) is 0 Å². The highest BCUT2D eigenvalue weighted by Gasteiger charge is 2.46. The topological polar surface area (TPSA) is 79.7 Å². The average molecular weight is 475 g/mol. The smallest absolute Gasteiger partial charge is 0.295 e. The Hall–Kier alpha value is -4.00. The molecule has 1 fully saturated rings. The first-order chi connectivity index (χ1) is 16.8. The van der Waals surface area contributed by atoms with Crippen LogP contribution in [-0.4, -0.2) is 33.3 Å². The van der Waals surface area contributed by atoms with E-state index in [1.54, 1.807) is 49.6 Å². The molecule has 6 nitrogen and oxygen atoms in total. The second-order valence-corrected chi connectivity index (χ2v) is 9.02. The van der Waals surface area contributed by atoms with Gasteiger partial charge in [0.05, 0.1) is 18.2 Å². The summed E-state index contributed by atoms with van der Waals surface area (Å²) in [6.07, 6.45) is 3.23. The largest absolute Gasteiger partial charge is 0.507 e. The van der Waals surface area contributed by atoms with Gasteiger partial charge in [-0.1, -0.05) is 32.0 Å². The van der Waals surface area contributed by atoms with Gasteiger partial charge in [0.25, 0.3) is 11.7 Å². The third-order valence-electron chi connectivity index (χ3n) is 5.84. The van der Waals surface area contributed by atoms with E-state index in [4.69, 9.17) is 4.74 Å². The lowest BCUT2D eigenvalue weighted by molar-refractivity contribution is -0.140. The Morgan fingerprint density at radius 3 is 2.51 bits per heavy atom. The Kier molecular flexibility index (Phi) is 6.96. The normalized spacial score (nSPS) is 17.3. The maximum absolute atomic E-state index is 13.7. The van der Waals surface area contributed by atoms with Crippen molar-refractivity contribution in [3.63, 3.8) is 0 Å². The Morgan fingerprint density at radius 2 is 1.89 bits per heavy atom. The lowest BCUT2D eigenvalue weighted by Crippen LogP contribution is -2.29. The first-order valence-electron chi connectivity index (χ1n) is 11.4. The molecule has 1 saturated heterocycles. The van der Waals surface area contributed by atoms with Crippen molar-refractivity contribution in [3.05, 3.63) is 101 Å². The number of nitrogens with zero attached hydrogens (tertiary/aromatic N) is 2. The van der Waals surface area contributed by atoms with Crippen LogP contribution in [-0.2, 0) is 16.1 Å². The van der Waals surface area contributed by atoms with E-state index in [0.717, 1.165) is 5.56 Å². The fraction of sp³-hybridized carbons (Fsp3) is 0.250. The number of aliphatic hydroxyl groups is 1. The molecular weight excluding hydrogens is 447 g/mol. The van der Waals surface area contributed by atoms with E-state index in [1.165, 1.54) is 29.2 Å². The number of benzene rings is 2. The number of carbonyl (C=O) groups is 2. The Labute approximate surface area is 203 Å².